The van der Waals surface area contributed by atoms with E-state index in [0.717, 1.165) is 6.26 Å². The van der Waals surface area contributed by atoms with Gasteiger partial charge in [-0.05, 0) is 12.1 Å². The van der Waals surface area contributed by atoms with Crippen molar-refractivity contribution in [3.63, 3.8) is 0 Å². The molecule has 0 N–H and O–H groups in total. The number of carbonyl (C=O) groups excluding carboxylic acids is 1. The lowest BCUT2D eigenvalue weighted by atomic mass is 10.1. The van der Waals surface area contributed by atoms with Crippen LogP contribution in [0.15, 0.2) is 18.2 Å². The molecule has 2 heterocycles. The molecule has 1 amide bonds. The van der Waals surface area contributed by atoms with E-state index >= 15 is 0 Å². The quantitative estimate of drug-likeness (QED) is 0.615. The number of nitrogens with zero attached hydrogens (tertiary/aromatic N) is 2. The van der Waals surface area contributed by atoms with Crippen molar-refractivity contribution in [3.8, 4) is 5.75 Å². The van der Waals surface area contributed by atoms with Crippen molar-refractivity contribution < 1.29 is 26.9 Å². The van der Waals surface area contributed by atoms with Crippen molar-refractivity contribution in [2.24, 2.45) is 0 Å². The lowest BCUT2D eigenvalue weighted by Gasteiger charge is -2.31. The largest absolute Gasteiger partial charge is 0.490 e. The Hall–Kier alpha value is -2.31. The molecule has 1 saturated heterocycles. The second kappa shape index (κ2) is 5.15. The van der Waals surface area contributed by atoms with Crippen LogP contribution in [0.4, 0.5) is 16.2 Å². The van der Waals surface area contributed by atoms with E-state index in [9.17, 15) is 13.2 Å². The van der Waals surface area contributed by atoms with Gasteiger partial charge in [0.1, 0.15) is 25.0 Å². The van der Waals surface area contributed by atoms with Crippen molar-refractivity contribution in [3.05, 3.63) is 29.6 Å². The fourth-order valence-corrected chi connectivity index (χ4v) is 2.80. The summed E-state index contributed by atoms with van der Waals surface area (Å²) in [6, 6.07) is 4.26. The van der Waals surface area contributed by atoms with Crippen LogP contribution in [0.3, 0.4) is 0 Å². The van der Waals surface area contributed by atoms with Gasteiger partial charge in [0.15, 0.2) is 11.8 Å². The lowest BCUT2D eigenvalue weighted by Crippen LogP contribution is -2.45. The Bertz CT molecular complexity index is 769. The lowest BCUT2D eigenvalue weighted by molar-refractivity contribution is 0.0844. The van der Waals surface area contributed by atoms with E-state index in [1.54, 1.807) is 18.2 Å². The number of amides is 1. The highest BCUT2D eigenvalue weighted by Crippen LogP contribution is 2.40. The fourth-order valence-electron chi connectivity index (χ4n) is 2.42. The maximum Gasteiger partial charge on any atom is 0.415 e. The van der Waals surface area contributed by atoms with Crippen LogP contribution >= 0.6 is 0 Å². The zero-order valence-electron chi connectivity index (χ0n) is 11.6. The Balaban J connectivity index is 1.86. The summed E-state index contributed by atoms with van der Waals surface area (Å²) in [7, 11) is -3.62. The van der Waals surface area contributed by atoms with E-state index in [4.69, 9.17) is 20.2 Å². The highest BCUT2D eigenvalue weighted by molar-refractivity contribution is 7.85. The Morgan fingerprint density at radius 2 is 2.27 bits per heavy atom. The maximum atomic E-state index is 12.0. The molecule has 116 valence electrons. The number of hydrogen-bond donors (Lipinski definition) is 0. The van der Waals surface area contributed by atoms with Gasteiger partial charge in [-0.2, -0.15) is 8.42 Å². The van der Waals surface area contributed by atoms with E-state index in [2.05, 4.69) is 4.85 Å². The highest BCUT2D eigenvalue weighted by Gasteiger charge is 2.46. The van der Waals surface area contributed by atoms with Gasteiger partial charge in [-0.15, -0.1) is 0 Å². The Morgan fingerprint density at radius 3 is 2.95 bits per heavy atom. The third-order valence-electron chi connectivity index (χ3n) is 3.40. The first-order chi connectivity index (χ1) is 10.4. The second-order valence-electron chi connectivity index (χ2n) is 4.92. The number of ether oxygens (including phenoxy) is 2. The first-order valence-corrected chi connectivity index (χ1v) is 8.19. The summed E-state index contributed by atoms with van der Waals surface area (Å²) in [4.78, 5) is 16.8. The third kappa shape index (κ3) is 2.58. The minimum Gasteiger partial charge on any atom is -0.490 e. The zero-order chi connectivity index (χ0) is 15.9. The number of carbonyl (C=O) groups is 1. The van der Waals surface area contributed by atoms with Gasteiger partial charge in [0.2, 0.25) is 0 Å². The number of rotatable bonds is 3. The molecule has 2 aliphatic rings. The summed E-state index contributed by atoms with van der Waals surface area (Å²) < 4.78 is 37.6. The summed E-state index contributed by atoms with van der Waals surface area (Å²) in [5, 5.41) is 0. The number of anilines is 1. The molecule has 22 heavy (non-hydrogen) atoms. The SMILES string of the molecule is [C-]#[N+]c1ccc2c(c1)OC[C@H]1[C@H](COS(C)(=O)=O)OC(=O)N21. The molecule has 0 unspecified atom stereocenters. The molecule has 0 radical (unpaired) electrons. The van der Waals surface area contributed by atoms with Gasteiger partial charge in [0, 0.05) is 0 Å². The molecule has 0 aromatic heterocycles. The molecular formula is C13H12N2O6S. The van der Waals surface area contributed by atoms with Crippen molar-refractivity contribution in [1.29, 1.82) is 0 Å². The standard InChI is InChI=1S/C13H12N2O6S/c1-14-8-3-4-9-11(5-8)19-6-10-12(7-20-22(2,17)18)21-13(16)15(9)10/h3-5,10,12H,6-7H2,2H3/t10-,12-/m0/s1. The first-order valence-electron chi connectivity index (χ1n) is 6.37. The van der Waals surface area contributed by atoms with Gasteiger partial charge < -0.3 is 9.47 Å². The number of hydrogen-bond acceptors (Lipinski definition) is 6. The molecule has 0 bridgehead atoms. The van der Waals surface area contributed by atoms with Crippen LogP contribution < -0.4 is 9.64 Å². The summed E-state index contributed by atoms with van der Waals surface area (Å²) in [5.41, 5.74) is 0.900. The average molecular weight is 324 g/mol. The van der Waals surface area contributed by atoms with Crippen LogP contribution in [-0.2, 0) is 19.0 Å². The predicted molar refractivity (Wildman–Crippen MR) is 75.5 cm³/mol. The normalized spacial score (nSPS) is 23.1. The average Bonchev–Trinajstić information content (AvgIpc) is 2.80. The topological polar surface area (TPSA) is 86.5 Å². The summed E-state index contributed by atoms with van der Waals surface area (Å²) in [6.07, 6.45) is -0.400. The molecule has 0 aliphatic carbocycles. The van der Waals surface area contributed by atoms with Crippen molar-refractivity contribution in [2.45, 2.75) is 12.1 Å². The van der Waals surface area contributed by atoms with E-state index < -0.39 is 28.4 Å². The Labute approximate surface area is 127 Å². The molecule has 1 aromatic carbocycles. The molecule has 1 fully saturated rings. The number of benzene rings is 1. The zero-order valence-corrected chi connectivity index (χ0v) is 12.4. The van der Waals surface area contributed by atoms with Crippen molar-refractivity contribution >= 4 is 27.6 Å². The number of cyclic esters (lactones) is 1. The molecule has 9 heteroatoms. The van der Waals surface area contributed by atoms with Crippen LogP contribution in [0, 0.1) is 6.57 Å². The van der Waals surface area contributed by atoms with Crippen molar-refractivity contribution in [1.82, 2.24) is 0 Å². The summed E-state index contributed by atoms with van der Waals surface area (Å²) in [5.74, 6) is 0.423. The molecule has 8 nitrogen and oxygen atoms in total. The third-order valence-corrected chi connectivity index (χ3v) is 3.96. The van der Waals surface area contributed by atoms with Gasteiger partial charge >= 0.3 is 6.09 Å². The van der Waals surface area contributed by atoms with E-state index in [-0.39, 0.29) is 13.2 Å². The monoisotopic (exact) mass is 324 g/mol. The molecule has 1 aromatic rings. The minimum absolute atomic E-state index is 0.137. The van der Waals surface area contributed by atoms with Gasteiger partial charge in [-0.3, -0.25) is 9.08 Å². The van der Waals surface area contributed by atoms with Crippen LogP contribution in [0.1, 0.15) is 0 Å². The van der Waals surface area contributed by atoms with Gasteiger partial charge in [-0.25, -0.2) is 9.64 Å². The smallest absolute Gasteiger partial charge is 0.415 e. The maximum absolute atomic E-state index is 12.0. The predicted octanol–water partition coefficient (Wildman–Crippen LogP) is 1.30. The summed E-state index contributed by atoms with van der Waals surface area (Å²) in [6.45, 7) is 6.86. The van der Waals surface area contributed by atoms with Crippen LogP contribution in [0.25, 0.3) is 4.85 Å². The van der Waals surface area contributed by atoms with Gasteiger partial charge in [-0.1, -0.05) is 6.07 Å². The van der Waals surface area contributed by atoms with Crippen LogP contribution in [0.2, 0.25) is 0 Å². The summed E-state index contributed by atoms with van der Waals surface area (Å²) >= 11 is 0. The molecule has 3 rings (SSSR count). The van der Waals surface area contributed by atoms with Crippen LogP contribution in [0.5, 0.6) is 5.75 Å². The minimum atomic E-state index is -3.62. The molecular weight excluding hydrogens is 312 g/mol. The van der Waals surface area contributed by atoms with Crippen molar-refractivity contribution in [2.75, 3.05) is 24.4 Å². The molecule has 0 spiro atoms. The molecule has 2 atom stereocenters. The Morgan fingerprint density at radius 1 is 1.50 bits per heavy atom. The van der Waals surface area contributed by atoms with Crippen LogP contribution in [-0.4, -0.2) is 46.1 Å². The molecule has 0 saturated carbocycles. The highest BCUT2D eigenvalue weighted by atomic mass is 32.2. The van der Waals surface area contributed by atoms with E-state index in [0.29, 0.717) is 17.1 Å². The van der Waals surface area contributed by atoms with E-state index in [1.807, 2.05) is 0 Å². The van der Waals surface area contributed by atoms with E-state index in [1.165, 1.54) is 4.90 Å². The fraction of sp³-hybridized carbons (Fsp3) is 0.385. The first kappa shape index (κ1) is 14.6. The number of fused-ring (bicyclic) bond motifs is 3. The van der Waals surface area contributed by atoms with Gasteiger partial charge in [0.25, 0.3) is 10.1 Å². The molecule has 2 aliphatic heterocycles. The van der Waals surface area contributed by atoms with Gasteiger partial charge in [0.05, 0.1) is 18.5 Å². The Kier molecular flexibility index (Phi) is 3.42. The second-order valence-corrected chi connectivity index (χ2v) is 6.57.